The van der Waals surface area contributed by atoms with Gasteiger partial charge in [0.25, 0.3) is 5.56 Å². The van der Waals surface area contributed by atoms with E-state index in [-0.39, 0.29) is 28.0 Å². The second-order valence-electron chi connectivity index (χ2n) is 9.91. The van der Waals surface area contributed by atoms with Crippen LogP contribution in [0.3, 0.4) is 0 Å². The molecule has 0 radical (unpaired) electrons. The van der Waals surface area contributed by atoms with E-state index in [1.54, 1.807) is 19.2 Å². The molecule has 228 valence electrons. The molecule has 45 heavy (non-hydrogen) atoms. The molecule has 0 atom stereocenters. The predicted molar refractivity (Wildman–Crippen MR) is 167 cm³/mol. The summed E-state index contributed by atoms with van der Waals surface area (Å²) >= 11 is 0. The van der Waals surface area contributed by atoms with Crippen LogP contribution in [0, 0.1) is 0 Å². The Kier molecular flexibility index (Phi) is 8.86. The Morgan fingerprint density at radius 2 is 1.49 bits per heavy atom. The third kappa shape index (κ3) is 6.21. The van der Waals surface area contributed by atoms with E-state index in [2.05, 4.69) is 51.1 Å². The van der Waals surface area contributed by atoms with Crippen molar-refractivity contribution in [2.75, 3.05) is 6.61 Å². The molecule has 0 saturated carbocycles. The third-order valence-electron chi connectivity index (χ3n) is 7.05. The van der Waals surface area contributed by atoms with Crippen molar-refractivity contribution in [2.24, 2.45) is 5.73 Å². The number of esters is 1. The van der Waals surface area contributed by atoms with E-state index in [0.717, 1.165) is 33.2 Å². The quantitative estimate of drug-likeness (QED) is 0.160. The van der Waals surface area contributed by atoms with E-state index < -0.39 is 28.4 Å². The number of hydrogen-bond acceptors (Lipinski definition) is 10. The lowest BCUT2D eigenvalue weighted by Crippen LogP contribution is -2.27. The van der Waals surface area contributed by atoms with Crippen LogP contribution in [0.25, 0.3) is 33.2 Å². The Balaban J connectivity index is 0.000000194. The first kappa shape index (κ1) is 30.4. The number of carbonyl (C=O) groups is 1. The van der Waals surface area contributed by atoms with Crippen LogP contribution in [0.15, 0.2) is 101 Å². The lowest BCUT2D eigenvalue weighted by molar-refractivity contribution is 0.0515. The van der Waals surface area contributed by atoms with Crippen molar-refractivity contribution in [3.8, 4) is 16.9 Å². The molecule has 0 aliphatic heterocycles. The number of nitrogens with two attached hydrogens (primary N) is 1. The van der Waals surface area contributed by atoms with Gasteiger partial charge in [-0.2, -0.15) is 0 Å². The number of aromatic hydroxyl groups is 1. The van der Waals surface area contributed by atoms with E-state index in [0.29, 0.717) is 17.7 Å². The van der Waals surface area contributed by atoms with E-state index in [1.165, 1.54) is 24.4 Å². The van der Waals surface area contributed by atoms with E-state index >= 15 is 0 Å². The number of hydrogen-bond donors (Lipinski definition) is 4. The molecule has 0 saturated heterocycles. The van der Waals surface area contributed by atoms with Crippen molar-refractivity contribution in [2.45, 2.75) is 19.9 Å². The molecule has 4 aromatic heterocycles. The Morgan fingerprint density at radius 1 is 0.822 bits per heavy atom. The predicted octanol–water partition coefficient (Wildman–Crippen LogP) is 3.87. The normalized spacial score (nSPS) is 10.8. The molecule has 6 aromatic rings. The minimum atomic E-state index is -1.07. The summed E-state index contributed by atoms with van der Waals surface area (Å²) < 4.78 is 5.45. The number of benzene rings is 2. The molecule has 0 bridgehead atoms. The van der Waals surface area contributed by atoms with Gasteiger partial charge in [-0.1, -0.05) is 42.5 Å². The molecule has 6 rings (SSSR count). The van der Waals surface area contributed by atoms with Crippen LogP contribution in [0.1, 0.15) is 34.0 Å². The van der Waals surface area contributed by atoms with Crippen LogP contribution < -0.4 is 16.9 Å². The first-order chi connectivity index (χ1) is 21.7. The van der Waals surface area contributed by atoms with Crippen molar-refractivity contribution in [1.82, 2.24) is 19.4 Å². The summed E-state index contributed by atoms with van der Waals surface area (Å²) in [6.45, 7) is 2.13. The zero-order valence-corrected chi connectivity index (χ0v) is 24.1. The van der Waals surface area contributed by atoms with Crippen LogP contribution in [0.4, 0.5) is 0 Å². The van der Waals surface area contributed by atoms with Gasteiger partial charge in [0.1, 0.15) is 5.75 Å². The van der Waals surface area contributed by atoms with E-state index in [1.807, 2.05) is 18.2 Å². The fraction of sp³-hybridized carbons (Fsp3) is 0.121. The van der Waals surface area contributed by atoms with Gasteiger partial charge in [0.2, 0.25) is 0 Å². The number of fused-ring (bicyclic) bond motifs is 2. The highest BCUT2D eigenvalue weighted by Gasteiger charge is 2.23. The molecule has 12 heteroatoms. The van der Waals surface area contributed by atoms with E-state index in [4.69, 9.17) is 5.73 Å². The van der Waals surface area contributed by atoms with Crippen molar-refractivity contribution in [1.29, 1.82) is 0 Å². The lowest BCUT2D eigenvalue weighted by atomic mass is 9.98. The van der Waals surface area contributed by atoms with Gasteiger partial charge in [-0.05, 0) is 71.5 Å². The smallest absolute Gasteiger partial charge is 0.347 e. The second kappa shape index (κ2) is 13.1. The van der Waals surface area contributed by atoms with Gasteiger partial charge in [0, 0.05) is 30.4 Å². The zero-order valence-electron chi connectivity index (χ0n) is 24.1. The van der Waals surface area contributed by atoms with Crippen molar-refractivity contribution in [3.05, 3.63) is 134 Å². The van der Waals surface area contributed by atoms with Crippen LogP contribution >= 0.6 is 0 Å². The third-order valence-corrected chi connectivity index (χ3v) is 7.05. The van der Waals surface area contributed by atoms with Crippen LogP contribution in [0.2, 0.25) is 0 Å². The number of rotatable bonds is 6. The fourth-order valence-corrected chi connectivity index (χ4v) is 4.84. The van der Waals surface area contributed by atoms with Gasteiger partial charge in [-0.25, -0.2) is 14.8 Å². The van der Waals surface area contributed by atoms with Gasteiger partial charge in [0.15, 0.2) is 16.9 Å². The Labute approximate surface area is 255 Å². The molecular weight excluding hydrogens is 578 g/mol. The second-order valence-corrected chi connectivity index (χ2v) is 9.91. The maximum Gasteiger partial charge on any atom is 0.347 e. The molecule has 0 amide bonds. The summed E-state index contributed by atoms with van der Waals surface area (Å²) in [5, 5.41) is 30.2. The molecule has 12 nitrogen and oxygen atoms in total. The summed E-state index contributed by atoms with van der Waals surface area (Å²) in [6.07, 6.45) is 3.49. The van der Waals surface area contributed by atoms with Crippen molar-refractivity contribution < 1.29 is 25.1 Å². The number of carbonyl (C=O) groups excluding carboxylic acids is 1. The molecule has 0 aliphatic rings. The summed E-state index contributed by atoms with van der Waals surface area (Å²) in [5.41, 5.74) is 8.96. The van der Waals surface area contributed by atoms with Gasteiger partial charge >= 0.3 is 11.5 Å². The zero-order chi connectivity index (χ0) is 32.1. The summed E-state index contributed by atoms with van der Waals surface area (Å²) in [6, 6.07) is 24.5. The maximum atomic E-state index is 12.0. The molecule has 2 aromatic carbocycles. The lowest BCUT2D eigenvalue weighted by Gasteiger charge is -2.09. The molecule has 0 spiro atoms. The van der Waals surface area contributed by atoms with Gasteiger partial charge in [0.05, 0.1) is 12.0 Å². The molecule has 5 N–H and O–H groups in total. The summed E-state index contributed by atoms with van der Waals surface area (Å²) in [7, 11) is 0. The number of ether oxygens (including phenoxy) is 1. The molecule has 0 fully saturated rings. The first-order valence-electron chi connectivity index (χ1n) is 13.9. The van der Waals surface area contributed by atoms with Gasteiger partial charge < -0.3 is 26.0 Å². The average Bonchev–Trinajstić information content (AvgIpc) is 3.07. The first-order valence-corrected chi connectivity index (χ1v) is 13.9. The summed E-state index contributed by atoms with van der Waals surface area (Å²) in [4.78, 5) is 43.2. The number of aromatic nitrogens is 4. The van der Waals surface area contributed by atoms with E-state index in [9.17, 15) is 29.9 Å². The van der Waals surface area contributed by atoms with Crippen molar-refractivity contribution >= 4 is 28.0 Å². The van der Waals surface area contributed by atoms with Gasteiger partial charge in [-0.15, -0.1) is 9.46 Å². The Hall–Kier alpha value is -6.01. The van der Waals surface area contributed by atoms with Gasteiger partial charge in [-0.3, -0.25) is 9.59 Å². The highest BCUT2D eigenvalue weighted by Crippen LogP contribution is 2.25. The molecule has 0 aliphatic carbocycles. The van der Waals surface area contributed by atoms with Crippen LogP contribution in [0.5, 0.6) is 5.75 Å². The highest BCUT2D eigenvalue weighted by atomic mass is 16.5. The topological polar surface area (TPSA) is 183 Å². The molecule has 4 heterocycles. The number of nitrogens with zero attached hydrogens (tertiary/aromatic N) is 4. The fourth-order valence-electron chi connectivity index (χ4n) is 4.84. The highest BCUT2D eigenvalue weighted by molar-refractivity contribution is 5.98. The minimum absolute atomic E-state index is 0.0498. The van der Waals surface area contributed by atoms with Crippen molar-refractivity contribution in [3.63, 3.8) is 0 Å². The molecule has 0 unspecified atom stereocenters. The average molecular weight is 608 g/mol. The van der Waals surface area contributed by atoms with Crippen LogP contribution in [-0.2, 0) is 17.7 Å². The standard InChI is InChI=1S/C22H19N3O2.C11H10N2O5/c23-14-16-3-1-4-18(12-16)17-8-6-15(7-9-17)11-19-13-21(26)25(27)22-20(19)5-2-10-24-22;1-2-18-11(16)7-8(14)6-4-3-5-12-9(6)13(17)10(7)15/h1-10,12-13,27H,11,14,23H2;3-5,14,17H,2H2,1H3. The van der Waals surface area contributed by atoms with Crippen LogP contribution in [-0.4, -0.2) is 47.5 Å². The minimum Gasteiger partial charge on any atom is -0.506 e. The summed E-state index contributed by atoms with van der Waals surface area (Å²) in [5.74, 6) is -1.54. The largest absolute Gasteiger partial charge is 0.506 e. The molecular formula is C33H29N5O7. The monoisotopic (exact) mass is 607 g/mol. The SMILES string of the molecule is CCOC(=O)c1c(O)c2cccnc2n(O)c1=O.NCc1cccc(-c2ccc(Cc3cc(=O)n(O)c4ncccc34)cc2)c1. The Bertz CT molecular complexity index is 2140. The number of pyridine rings is 4. The maximum absolute atomic E-state index is 12.0. The Morgan fingerprint density at radius 3 is 2.16 bits per heavy atom.